The Balaban J connectivity index is 1.89. The summed E-state index contributed by atoms with van der Waals surface area (Å²) in [5, 5.41) is 18.7. The van der Waals surface area contributed by atoms with E-state index in [1.165, 1.54) is 0 Å². The number of H-pyrrole nitrogens is 1. The van der Waals surface area contributed by atoms with Crippen LogP contribution in [0.25, 0.3) is 11.3 Å². The zero-order valence-electron chi connectivity index (χ0n) is 14.7. The van der Waals surface area contributed by atoms with Crippen LogP contribution < -0.4 is 5.32 Å². The predicted molar refractivity (Wildman–Crippen MR) is 90.9 cm³/mol. The summed E-state index contributed by atoms with van der Waals surface area (Å²) in [6, 6.07) is 1.74. The molecular weight excluding hydrogens is 306 g/mol. The molecule has 0 aliphatic heterocycles. The van der Waals surface area contributed by atoms with Crippen molar-refractivity contribution in [2.45, 2.75) is 27.7 Å². The van der Waals surface area contributed by atoms with E-state index in [9.17, 15) is 4.79 Å². The summed E-state index contributed by atoms with van der Waals surface area (Å²) >= 11 is 0. The number of amides is 1. The van der Waals surface area contributed by atoms with E-state index in [4.69, 9.17) is 0 Å². The topological polar surface area (TPSA) is 93.4 Å². The molecule has 0 spiro atoms. The van der Waals surface area contributed by atoms with Gasteiger partial charge in [-0.15, -0.1) is 0 Å². The summed E-state index contributed by atoms with van der Waals surface area (Å²) in [5.74, 6) is -0.243. The smallest absolute Gasteiger partial charge is 0.273 e. The minimum absolute atomic E-state index is 0.243. The van der Waals surface area contributed by atoms with E-state index in [1.807, 2.05) is 41.8 Å². The van der Waals surface area contributed by atoms with Crippen LogP contribution in [-0.2, 0) is 14.1 Å². The number of carbonyl (C=O) groups excluding carboxylic acids is 1. The molecule has 0 saturated carbocycles. The number of aryl methyl sites for hydroxylation is 4. The Hall–Kier alpha value is -2.90. The summed E-state index contributed by atoms with van der Waals surface area (Å²) in [6.45, 7) is 7.69. The van der Waals surface area contributed by atoms with E-state index in [0.717, 1.165) is 34.0 Å². The molecule has 8 heteroatoms. The molecule has 1 amide bonds. The van der Waals surface area contributed by atoms with Gasteiger partial charge < -0.3 is 5.32 Å². The third-order valence-electron chi connectivity index (χ3n) is 4.34. The number of aromatic nitrogens is 6. The standard InChI is InChI=1S/C16H21N7O/c1-8-14(10(3)22(5)20-8)12-7-13(19-18-12)16(24)17-15-9(2)21-23(6)11(15)4/h7H,1-6H3,(H,17,24)(H,18,19). The fraction of sp³-hybridized carbons (Fsp3) is 0.375. The van der Waals surface area contributed by atoms with Crippen LogP contribution in [0.2, 0.25) is 0 Å². The number of nitrogens with one attached hydrogen (secondary N) is 2. The van der Waals surface area contributed by atoms with Gasteiger partial charge in [-0.25, -0.2) is 0 Å². The van der Waals surface area contributed by atoms with E-state index in [-0.39, 0.29) is 5.91 Å². The Kier molecular flexibility index (Phi) is 3.75. The molecule has 0 aliphatic rings. The molecule has 0 radical (unpaired) electrons. The lowest BCUT2D eigenvalue weighted by Crippen LogP contribution is -2.13. The van der Waals surface area contributed by atoms with Gasteiger partial charge in [0.1, 0.15) is 5.69 Å². The molecule has 3 heterocycles. The molecule has 3 aromatic rings. The highest BCUT2D eigenvalue weighted by atomic mass is 16.2. The maximum atomic E-state index is 12.5. The van der Waals surface area contributed by atoms with Crippen molar-refractivity contribution in [2.75, 3.05) is 5.32 Å². The summed E-state index contributed by atoms with van der Waals surface area (Å²) in [4.78, 5) is 12.5. The van der Waals surface area contributed by atoms with Crippen LogP contribution in [0.5, 0.6) is 0 Å². The average Bonchev–Trinajstić information content (AvgIpc) is 3.15. The molecule has 3 rings (SSSR count). The van der Waals surface area contributed by atoms with Gasteiger partial charge in [0.05, 0.1) is 28.5 Å². The predicted octanol–water partition coefficient (Wildman–Crippen LogP) is 2.03. The van der Waals surface area contributed by atoms with Crippen LogP contribution in [-0.4, -0.2) is 35.7 Å². The van der Waals surface area contributed by atoms with Gasteiger partial charge in [-0.2, -0.15) is 15.3 Å². The Bertz CT molecular complexity index is 929. The van der Waals surface area contributed by atoms with Gasteiger partial charge in [-0.3, -0.25) is 19.3 Å². The van der Waals surface area contributed by atoms with Gasteiger partial charge in [0, 0.05) is 25.4 Å². The molecule has 0 fully saturated rings. The van der Waals surface area contributed by atoms with Crippen molar-refractivity contribution in [1.82, 2.24) is 29.8 Å². The number of hydrogen-bond acceptors (Lipinski definition) is 4. The largest absolute Gasteiger partial charge is 0.318 e. The van der Waals surface area contributed by atoms with Crippen molar-refractivity contribution in [2.24, 2.45) is 14.1 Å². The molecule has 0 aromatic carbocycles. The van der Waals surface area contributed by atoms with Gasteiger partial charge >= 0.3 is 0 Å². The Morgan fingerprint density at radius 3 is 2.21 bits per heavy atom. The van der Waals surface area contributed by atoms with Crippen molar-refractivity contribution in [3.63, 3.8) is 0 Å². The van der Waals surface area contributed by atoms with Gasteiger partial charge in [-0.05, 0) is 33.8 Å². The summed E-state index contributed by atoms with van der Waals surface area (Å²) < 4.78 is 3.55. The third kappa shape index (κ3) is 2.49. The molecule has 0 atom stereocenters. The zero-order chi connectivity index (χ0) is 17.6. The molecular formula is C16H21N7O. The van der Waals surface area contributed by atoms with E-state index in [2.05, 4.69) is 25.7 Å². The lowest BCUT2D eigenvalue weighted by atomic mass is 10.1. The molecule has 0 unspecified atom stereocenters. The normalized spacial score (nSPS) is 11.1. The summed E-state index contributed by atoms with van der Waals surface area (Å²) in [6.07, 6.45) is 0. The summed E-state index contributed by atoms with van der Waals surface area (Å²) in [5.41, 5.74) is 6.35. The van der Waals surface area contributed by atoms with Crippen LogP contribution in [0.1, 0.15) is 33.3 Å². The Morgan fingerprint density at radius 2 is 1.67 bits per heavy atom. The average molecular weight is 327 g/mol. The van der Waals surface area contributed by atoms with Crippen LogP contribution in [0.4, 0.5) is 5.69 Å². The van der Waals surface area contributed by atoms with Gasteiger partial charge in [0.15, 0.2) is 0 Å². The highest BCUT2D eigenvalue weighted by Crippen LogP contribution is 2.26. The summed E-state index contributed by atoms with van der Waals surface area (Å²) in [7, 11) is 3.74. The van der Waals surface area contributed by atoms with E-state index < -0.39 is 0 Å². The Morgan fingerprint density at radius 1 is 1.04 bits per heavy atom. The second kappa shape index (κ2) is 5.63. The lowest BCUT2D eigenvalue weighted by molar-refractivity contribution is 0.102. The minimum Gasteiger partial charge on any atom is -0.318 e. The molecule has 126 valence electrons. The van der Waals surface area contributed by atoms with Gasteiger partial charge in [-0.1, -0.05) is 0 Å². The molecule has 8 nitrogen and oxygen atoms in total. The SMILES string of the molecule is Cc1nn(C)c(C)c1NC(=O)c1cc(-c2c(C)nn(C)c2C)n[nH]1. The highest BCUT2D eigenvalue weighted by molar-refractivity contribution is 6.04. The molecule has 24 heavy (non-hydrogen) atoms. The quantitative estimate of drug-likeness (QED) is 0.769. The van der Waals surface area contributed by atoms with Crippen LogP contribution in [0.3, 0.4) is 0 Å². The van der Waals surface area contributed by atoms with Crippen molar-refractivity contribution >= 4 is 11.6 Å². The fourth-order valence-corrected chi connectivity index (χ4v) is 2.85. The minimum atomic E-state index is -0.243. The van der Waals surface area contributed by atoms with Crippen LogP contribution in [0.15, 0.2) is 6.07 Å². The Labute approximate surface area is 139 Å². The number of hydrogen-bond donors (Lipinski definition) is 2. The molecule has 0 saturated heterocycles. The fourth-order valence-electron chi connectivity index (χ4n) is 2.85. The monoisotopic (exact) mass is 327 g/mol. The van der Waals surface area contributed by atoms with Crippen molar-refractivity contribution in [3.8, 4) is 11.3 Å². The third-order valence-corrected chi connectivity index (χ3v) is 4.34. The van der Waals surface area contributed by atoms with E-state index in [1.54, 1.807) is 15.4 Å². The number of anilines is 1. The van der Waals surface area contributed by atoms with Crippen molar-refractivity contribution in [3.05, 3.63) is 34.5 Å². The second-order valence-electron chi connectivity index (χ2n) is 5.96. The first kappa shape index (κ1) is 16.0. The number of rotatable bonds is 3. The van der Waals surface area contributed by atoms with Crippen LogP contribution >= 0.6 is 0 Å². The molecule has 3 aromatic heterocycles. The van der Waals surface area contributed by atoms with Crippen LogP contribution in [0, 0.1) is 27.7 Å². The first-order valence-corrected chi connectivity index (χ1v) is 7.67. The van der Waals surface area contributed by atoms with Crippen molar-refractivity contribution in [1.29, 1.82) is 0 Å². The molecule has 0 aliphatic carbocycles. The van der Waals surface area contributed by atoms with E-state index >= 15 is 0 Å². The number of nitrogens with zero attached hydrogens (tertiary/aromatic N) is 5. The highest BCUT2D eigenvalue weighted by Gasteiger charge is 2.19. The van der Waals surface area contributed by atoms with Crippen molar-refractivity contribution < 1.29 is 4.79 Å². The first-order valence-electron chi connectivity index (χ1n) is 7.67. The molecule has 2 N–H and O–H groups in total. The van der Waals surface area contributed by atoms with Gasteiger partial charge in [0.2, 0.25) is 0 Å². The number of carbonyl (C=O) groups is 1. The molecule has 0 bridgehead atoms. The maximum Gasteiger partial charge on any atom is 0.273 e. The lowest BCUT2D eigenvalue weighted by Gasteiger charge is -2.03. The second-order valence-corrected chi connectivity index (χ2v) is 5.96. The number of aromatic amines is 1. The van der Waals surface area contributed by atoms with Gasteiger partial charge in [0.25, 0.3) is 5.91 Å². The maximum absolute atomic E-state index is 12.5. The van der Waals surface area contributed by atoms with E-state index in [0.29, 0.717) is 11.4 Å². The zero-order valence-corrected chi connectivity index (χ0v) is 14.7. The first-order chi connectivity index (χ1) is 11.3.